The lowest BCUT2D eigenvalue weighted by molar-refractivity contribution is 0.0517. The van der Waals surface area contributed by atoms with Crippen molar-refractivity contribution in [1.82, 2.24) is 14.7 Å². The van der Waals surface area contributed by atoms with E-state index >= 15 is 0 Å². The highest BCUT2D eigenvalue weighted by molar-refractivity contribution is 5.89. The minimum Gasteiger partial charge on any atom is -0.461 e. The quantitative estimate of drug-likeness (QED) is 0.252. The molecule has 0 aliphatic heterocycles. The molecule has 0 radical (unpaired) electrons. The van der Waals surface area contributed by atoms with Gasteiger partial charge in [-0.05, 0) is 42.7 Å². The number of carbonyl (C=O) groups is 1. The zero-order valence-electron chi connectivity index (χ0n) is 20.9. The van der Waals surface area contributed by atoms with Crippen LogP contribution in [0.4, 0.5) is 4.39 Å². The first-order chi connectivity index (χ1) is 17.5. The molecule has 4 aromatic rings. The van der Waals surface area contributed by atoms with Gasteiger partial charge >= 0.3 is 5.97 Å². The lowest BCUT2D eigenvalue weighted by Gasteiger charge is -2.23. The summed E-state index contributed by atoms with van der Waals surface area (Å²) in [4.78, 5) is 15.1. The third kappa shape index (κ3) is 6.67. The van der Waals surface area contributed by atoms with Gasteiger partial charge < -0.3 is 4.74 Å². The molecule has 0 atom stereocenters. The molecule has 1 aromatic heterocycles. The summed E-state index contributed by atoms with van der Waals surface area (Å²) in [5, 5.41) is 4.67. The number of benzene rings is 3. The van der Waals surface area contributed by atoms with Gasteiger partial charge in [0.15, 0.2) is 5.69 Å². The Kier molecular flexibility index (Phi) is 8.63. The third-order valence-electron chi connectivity index (χ3n) is 6.22. The third-order valence-corrected chi connectivity index (χ3v) is 6.22. The van der Waals surface area contributed by atoms with Crippen molar-refractivity contribution < 1.29 is 13.9 Å². The number of hydrogen-bond donors (Lipinski definition) is 0. The minimum absolute atomic E-state index is 0.280. The summed E-state index contributed by atoms with van der Waals surface area (Å²) in [6.07, 6.45) is 0.484. The number of esters is 1. The van der Waals surface area contributed by atoms with Gasteiger partial charge in [-0.15, -0.1) is 0 Å². The molecule has 0 bridgehead atoms. The first-order valence-electron chi connectivity index (χ1n) is 12.3. The van der Waals surface area contributed by atoms with E-state index in [-0.39, 0.29) is 12.4 Å². The number of hydrogen-bond acceptors (Lipinski definition) is 4. The Hall–Kier alpha value is -3.77. The number of aromatic nitrogens is 2. The van der Waals surface area contributed by atoms with E-state index in [1.807, 2.05) is 23.7 Å². The van der Waals surface area contributed by atoms with E-state index in [0.29, 0.717) is 18.7 Å². The van der Waals surface area contributed by atoms with Gasteiger partial charge in [0, 0.05) is 37.3 Å². The van der Waals surface area contributed by atoms with E-state index in [2.05, 4.69) is 58.5 Å². The van der Waals surface area contributed by atoms with Gasteiger partial charge in [0.2, 0.25) is 0 Å². The van der Waals surface area contributed by atoms with E-state index in [9.17, 15) is 9.18 Å². The lowest BCUT2D eigenvalue weighted by atomic mass is 10.0. The summed E-state index contributed by atoms with van der Waals surface area (Å²) in [5.41, 5.74) is 5.47. The Bertz CT molecular complexity index is 1210. The molecule has 6 heteroatoms. The van der Waals surface area contributed by atoms with Crippen molar-refractivity contribution in [2.45, 2.75) is 39.9 Å². The summed E-state index contributed by atoms with van der Waals surface area (Å²) < 4.78 is 20.6. The predicted octanol–water partition coefficient (Wildman–Crippen LogP) is 5.80. The molecule has 186 valence electrons. The van der Waals surface area contributed by atoms with Crippen molar-refractivity contribution in [1.29, 1.82) is 0 Å². The van der Waals surface area contributed by atoms with Crippen molar-refractivity contribution in [2.75, 3.05) is 13.2 Å². The highest BCUT2D eigenvalue weighted by Crippen LogP contribution is 2.20. The maximum absolute atomic E-state index is 13.4. The molecule has 36 heavy (non-hydrogen) atoms. The summed E-state index contributed by atoms with van der Waals surface area (Å²) in [6.45, 7) is 7.04. The summed E-state index contributed by atoms with van der Waals surface area (Å²) in [7, 11) is 0. The highest BCUT2D eigenvalue weighted by atomic mass is 19.1. The van der Waals surface area contributed by atoms with Crippen LogP contribution >= 0.6 is 0 Å². The monoisotopic (exact) mass is 485 g/mol. The van der Waals surface area contributed by atoms with Crippen molar-refractivity contribution in [3.05, 3.63) is 124 Å². The number of carbonyl (C=O) groups excluding carboxylic acids is 1. The fraction of sp³-hybridized carbons (Fsp3) is 0.267. The van der Waals surface area contributed by atoms with Gasteiger partial charge in [-0.25, -0.2) is 9.18 Å². The molecule has 0 unspecified atom stereocenters. The first-order valence-corrected chi connectivity index (χ1v) is 12.3. The van der Waals surface area contributed by atoms with Crippen LogP contribution in [0, 0.1) is 12.7 Å². The molecular weight excluding hydrogens is 453 g/mol. The Morgan fingerprint density at radius 1 is 0.889 bits per heavy atom. The average molecular weight is 486 g/mol. The molecule has 0 N–H and O–H groups in total. The largest absolute Gasteiger partial charge is 0.461 e. The van der Waals surface area contributed by atoms with Crippen LogP contribution in [0.3, 0.4) is 0 Å². The first kappa shape index (κ1) is 25.3. The van der Waals surface area contributed by atoms with Crippen LogP contribution in [0.15, 0.2) is 84.9 Å². The molecule has 0 saturated heterocycles. The zero-order chi connectivity index (χ0) is 25.3. The molecule has 0 spiro atoms. The van der Waals surface area contributed by atoms with Crippen molar-refractivity contribution in [3.63, 3.8) is 0 Å². The van der Waals surface area contributed by atoms with Gasteiger partial charge in [0.1, 0.15) is 5.82 Å². The molecule has 0 saturated carbocycles. The molecule has 1 heterocycles. The molecule has 0 aliphatic rings. The summed E-state index contributed by atoms with van der Waals surface area (Å²) >= 11 is 0. The van der Waals surface area contributed by atoms with Gasteiger partial charge in [0.25, 0.3) is 0 Å². The predicted molar refractivity (Wildman–Crippen MR) is 139 cm³/mol. The van der Waals surface area contributed by atoms with Crippen LogP contribution in [-0.2, 0) is 30.8 Å². The normalized spacial score (nSPS) is 11.1. The Labute approximate surface area is 212 Å². The minimum atomic E-state index is -0.429. The van der Waals surface area contributed by atoms with Crippen molar-refractivity contribution in [3.8, 4) is 0 Å². The lowest BCUT2D eigenvalue weighted by Crippen LogP contribution is -2.27. The summed E-state index contributed by atoms with van der Waals surface area (Å²) in [5.74, 6) is -0.712. The number of nitrogens with zero attached hydrogens (tertiary/aromatic N) is 3. The van der Waals surface area contributed by atoms with E-state index < -0.39 is 5.97 Å². The molecular formula is C30H32FN3O2. The molecule has 0 aliphatic carbocycles. The highest BCUT2D eigenvalue weighted by Gasteiger charge is 2.22. The second kappa shape index (κ2) is 12.3. The van der Waals surface area contributed by atoms with E-state index in [1.54, 1.807) is 19.1 Å². The molecule has 3 aromatic carbocycles. The number of halogens is 1. The Balaban J connectivity index is 1.56. The Morgan fingerprint density at radius 2 is 1.47 bits per heavy atom. The smallest absolute Gasteiger partial charge is 0.359 e. The van der Waals surface area contributed by atoms with Gasteiger partial charge in [-0.1, -0.05) is 72.8 Å². The van der Waals surface area contributed by atoms with Gasteiger partial charge in [-0.3, -0.25) is 9.58 Å². The van der Waals surface area contributed by atoms with Crippen LogP contribution in [0.5, 0.6) is 0 Å². The van der Waals surface area contributed by atoms with E-state index in [0.717, 1.165) is 36.5 Å². The van der Waals surface area contributed by atoms with Gasteiger partial charge in [0.05, 0.1) is 13.2 Å². The molecule has 4 rings (SSSR count). The van der Waals surface area contributed by atoms with Crippen molar-refractivity contribution >= 4 is 5.97 Å². The number of ether oxygens (including phenoxy) is 1. The van der Waals surface area contributed by atoms with Crippen LogP contribution < -0.4 is 0 Å². The fourth-order valence-corrected chi connectivity index (χ4v) is 4.32. The standard InChI is InChI=1S/C30H32FN3O2/c1-3-36-30(35)29-28(20-24-14-16-27(31)17-15-24)23(2)34(32-29)19-18-33(21-25-10-6-4-7-11-25)22-26-12-8-5-9-13-26/h4-17H,3,18-22H2,1-2H3. The number of rotatable bonds is 11. The van der Waals surface area contributed by atoms with Crippen LogP contribution in [0.25, 0.3) is 0 Å². The topological polar surface area (TPSA) is 47.4 Å². The van der Waals surface area contributed by atoms with Gasteiger partial charge in [-0.2, -0.15) is 5.10 Å². The average Bonchev–Trinajstić information content (AvgIpc) is 3.20. The molecule has 0 fully saturated rings. The van der Waals surface area contributed by atoms with Crippen LogP contribution in [-0.4, -0.2) is 33.8 Å². The molecule has 0 amide bonds. The zero-order valence-corrected chi connectivity index (χ0v) is 20.9. The summed E-state index contributed by atoms with van der Waals surface area (Å²) in [6, 6.07) is 27.2. The maximum Gasteiger partial charge on any atom is 0.359 e. The van der Waals surface area contributed by atoms with E-state index in [1.165, 1.54) is 23.3 Å². The SMILES string of the molecule is CCOC(=O)c1nn(CCN(Cc2ccccc2)Cc2ccccc2)c(C)c1Cc1ccc(F)cc1. The van der Waals surface area contributed by atoms with E-state index in [4.69, 9.17) is 4.74 Å². The molecule has 5 nitrogen and oxygen atoms in total. The second-order valence-electron chi connectivity index (χ2n) is 8.84. The van der Waals surface area contributed by atoms with Crippen molar-refractivity contribution in [2.24, 2.45) is 0 Å². The fourth-order valence-electron chi connectivity index (χ4n) is 4.32. The maximum atomic E-state index is 13.4. The van der Waals surface area contributed by atoms with Crippen LogP contribution in [0.1, 0.15) is 45.4 Å². The second-order valence-corrected chi connectivity index (χ2v) is 8.84. The van der Waals surface area contributed by atoms with Crippen LogP contribution in [0.2, 0.25) is 0 Å². The Morgan fingerprint density at radius 3 is 2.03 bits per heavy atom.